The van der Waals surface area contributed by atoms with Crippen LogP contribution in [0.15, 0.2) is 18.2 Å². The van der Waals surface area contributed by atoms with Crippen LogP contribution in [0.2, 0.25) is 5.02 Å². The van der Waals surface area contributed by atoms with Crippen molar-refractivity contribution in [3.05, 3.63) is 28.8 Å². The molecule has 1 atom stereocenters. The van der Waals surface area contributed by atoms with Crippen molar-refractivity contribution in [2.45, 2.75) is 13.0 Å². The predicted octanol–water partition coefficient (Wildman–Crippen LogP) is 2.42. The van der Waals surface area contributed by atoms with E-state index in [-0.39, 0.29) is 6.04 Å². The molecule has 0 saturated heterocycles. The normalized spacial score (nSPS) is 12.4. The Kier molecular flexibility index (Phi) is 9.37. The molecule has 1 aromatic rings. The summed E-state index contributed by atoms with van der Waals surface area (Å²) in [6, 6.07) is 5.31. The molecule has 21 heavy (non-hydrogen) atoms. The van der Waals surface area contributed by atoms with E-state index in [4.69, 9.17) is 36.3 Å². The van der Waals surface area contributed by atoms with E-state index in [1.807, 2.05) is 19.1 Å². The molecule has 0 unspecified atom stereocenters. The highest BCUT2D eigenvalue weighted by molar-refractivity contribution is 6.30. The van der Waals surface area contributed by atoms with Crippen LogP contribution in [-0.4, -0.2) is 46.8 Å². The van der Waals surface area contributed by atoms with Crippen molar-refractivity contribution in [2.75, 3.05) is 46.8 Å². The minimum Gasteiger partial charge on any atom is -0.491 e. The number of nitrogens with two attached hydrogens (primary N) is 1. The summed E-state index contributed by atoms with van der Waals surface area (Å²) in [5.41, 5.74) is 6.79. The van der Waals surface area contributed by atoms with Gasteiger partial charge in [0.1, 0.15) is 12.4 Å². The molecule has 5 nitrogen and oxygen atoms in total. The lowest BCUT2D eigenvalue weighted by Gasteiger charge is -2.14. The van der Waals surface area contributed by atoms with E-state index in [0.717, 1.165) is 11.3 Å². The van der Waals surface area contributed by atoms with Gasteiger partial charge in [-0.3, -0.25) is 0 Å². The Hall–Kier alpha value is -0.850. The molecular formula is C15H24ClNO4. The van der Waals surface area contributed by atoms with E-state index >= 15 is 0 Å². The minimum absolute atomic E-state index is 0.131. The van der Waals surface area contributed by atoms with Crippen LogP contribution >= 0.6 is 11.6 Å². The second-order valence-corrected chi connectivity index (χ2v) is 4.97. The molecule has 0 aliphatic carbocycles. The van der Waals surface area contributed by atoms with Gasteiger partial charge in [0.05, 0.1) is 33.0 Å². The van der Waals surface area contributed by atoms with E-state index < -0.39 is 0 Å². The number of rotatable bonds is 11. The Morgan fingerprint density at radius 2 is 1.67 bits per heavy atom. The quantitative estimate of drug-likeness (QED) is 0.635. The number of halogens is 1. The number of hydrogen-bond acceptors (Lipinski definition) is 5. The third-order valence-electron chi connectivity index (χ3n) is 2.75. The molecule has 6 heteroatoms. The van der Waals surface area contributed by atoms with Gasteiger partial charge in [0.25, 0.3) is 0 Å². The van der Waals surface area contributed by atoms with E-state index in [9.17, 15) is 0 Å². The molecule has 0 fully saturated rings. The lowest BCUT2D eigenvalue weighted by atomic mass is 10.1. The van der Waals surface area contributed by atoms with Crippen LogP contribution in [0.1, 0.15) is 18.5 Å². The maximum atomic E-state index is 5.96. The lowest BCUT2D eigenvalue weighted by Crippen LogP contribution is -2.14. The number of benzene rings is 1. The van der Waals surface area contributed by atoms with Gasteiger partial charge in [-0.1, -0.05) is 11.6 Å². The summed E-state index contributed by atoms with van der Waals surface area (Å²) in [5, 5.41) is 0.652. The molecule has 0 bridgehead atoms. The highest BCUT2D eigenvalue weighted by Gasteiger charge is 2.08. The fraction of sp³-hybridized carbons (Fsp3) is 0.600. The van der Waals surface area contributed by atoms with Crippen LogP contribution in [0, 0.1) is 0 Å². The molecule has 1 rings (SSSR count). The first-order valence-electron chi connectivity index (χ1n) is 6.97. The number of methoxy groups -OCH3 is 1. The first-order valence-corrected chi connectivity index (χ1v) is 7.35. The molecule has 0 aromatic heterocycles. The molecule has 2 N–H and O–H groups in total. The van der Waals surface area contributed by atoms with E-state index in [2.05, 4.69) is 0 Å². The number of hydrogen-bond donors (Lipinski definition) is 1. The van der Waals surface area contributed by atoms with Crippen LogP contribution < -0.4 is 10.5 Å². The molecule has 0 amide bonds. The second-order valence-electron chi connectivity index (χ2n) is 4.54. The molecule has 1 aromatic carbocycles. The van der Waals surface area contributed by atoms with Crippen LogP contribution in [-0.2, 0) is 14.2 Å². The Morgan fingerprint density at radius 1 is 1.05 bits per heavy atom. The first kappa shape index (κ1) is 18.2. The largest absolute Gasteiger partial charge is 0.491 e. The van der Waals surface area contributed by atoms with Crippen molar-refractivity contribution in [3.63, 3.8) is 0 Å². The van der Waals surface area contributed by atoms with E-state index in [0.29, 0.717) is 44.7 Å². The molecule has 0 aliphatic rings. The summed E-state index contributed by atoms with van der Waals surface area (Å²) in [7, 11) is 1.64. The van der Waals surface area contributed by atoms with Gasteiger partial charge in [0.2, 0.25) is 0 Å². The maximum Gasteiger partial charge on any atom is 0.124 e. The molecule has 0 aliphatic heterocycles. The third kappa shape index (κ3) is 7.64. The fourth-order valence-electron chi connectivity index (χ4n) is 1.68. The highest BCUT2D eigenvalue weighted by atomic mass is 35.5. The second kappa shape index (κ2) is 10.8. The lowest BCUT2D eigenvalue weighted by molar-refractivity contribution is 0.0179. The van der Waals surface area contributed by atoms with Crippen molar-refractivity contribution in [3.8, 4) is 5.75 Å². The van der Waals surface area contributed by atoms with Crippen LogP contribution in [0.3, 0.4) is 0 Å². The Labute approximate surface area is 131 Å². The monoisotopic (exact) mass is 317 g/mol. The Morgan fingerprint density at radius 3 is 2.29 bits per heavy atom. The van der Waals surface area contributed by atoms with Crippen LogP contribution in [0.4, 0.5) is 0 Å². The molecule has 0 spiro atoms. The number of ether oxygens (including phenoxy) is 4. The molecule has 0 saturated carbocycles. The third-order valence-corrected chi connectivity index (χ3v) is 2.99. The van der Waals surface area contributed by atoms with Gasteiger partial charge in [-0.2, -0.15) is 0 Å². The highest BCUT2D eigenvalue weighted by Crippen LogP contribution is 2.27. The van der Waals surface area contributed by atoms with Crippen molar-refractivity contribution in [1.29, 1.82) is 0 Å². The molecule has 0 heterocycles. The summed E-state index contributed by atoms with van der Waals surface area (Å²) in [5.74, 6) is 0.745. The summed E-state index contributed by atoms with van der Waals surface area (Å²) >= 11 is 5.96. The van der Waals surface area contributed by atoms with Crippen molar-refractivity contribution in [1.82, 2.24) is 0 Å². The average molecular weight is 318 g/mol. The SMILES string of the molecule is COCCOCCOCCOc1ccc(Cl)cc1[C@H](C)N. The molecule has 0 radical (unpaired) electrons. The predicted molar refractivity (Wildman–Crippen MR) is 83.1 cm³/mol. The van der Waals surface area contributed by atoms with Gasteiger partial charge in [-0.25, -0.2) is 0 Å². The van der Waals surface area contributed by atoms with Crippen LogP contribution in [0.25, 0.3) is 0 Å². The van der Waals surface area contributed by atoms with Gasteiger partial charge in [0.15, 0.2) is 0 Å². The van der Waals surface area contributed by atoms with Gasteiger partial charge in [-0.15, -0.1) is 0 Å². The Bertz CT molecular complexity index is 401. The zero-order valence-corrected chi connectivity index (χ0v) is 13.4. The van der Waals surface area contributed by atoms with Crippen molar-refractivity contribution in [2.24, 2.45) is 5.73 Å². The minimum atomic E-state index is -0.131. The van der Waals surface area contributed by atoms with E-state index in [1.165, 1.54) is 0 Å². The first-order chi connectivity index (χ1) is 10.1. The van der Waals surface area contributed by atoms with Crippen molar-refractivity contribution < 1.29 is 18.9 Å². The standard InChI is InChI=1S/C15H24ClNO4/c1-12(17)14-11-13(16)3-4-15(14)21-10-9-20-8-7-19-6-5-18-2/h3-4,11-12H,5-10,17H2,1-2H3/t12-/m0/s1. The van der Waals surface area contributed by atoms with Gasteiger partial charge in [-0.05, 0) is 25.1 Å². The van der Waals surface area contributed by atoms with Crippen LogP contribution in [0.5, 0.6) is 5.75 Å². The average Bonchev–Trinajstić information content (AvgIpc) is 2.46. The van der Waals surface area contributed by atoms with Gasteiger partial charge in [0, 0.05) is 23.7 Å². The zero-order chi connectivity index (χ0) is 15.5. The molecular weight excluding hydrogens is 294 g/mol. The summed E-state index contributed by atoms with van der Waals surface area (Å²) < 4.78 is 21.2. The van der Waals surface area contributed by atoms with Gasteiger partial charge < -0.3 is 24.7 Å². The fourth-order valence-corrected chi connectivity index (χ4v) is 1.86. The Balaban J connectivity index is 2.18. The summed E-state index contributed by atoms with van der Waals surface area (Å²) in [6.45, 7) is 5.11. The van der Waals surface area contributed by atoms with Gasteiger partial charge >= 0.3 is 0 Å². The smallest absolute Gasteiger partial charge is 0.124 e. The van der Waals surface area contributed by atoms with E-state index in [1.54, 1.807) is 13.2 Å². The summed E-state index contributed by atoms with van der Waals surface area (Å²) in [4.78, 5) is 0. The van der Waals surface area contributed by atoms with Crippen molar-refractivity contribution >= 4 is 11.6 Å². The summed E-state index contributed by atoms with van der Waals surface area (Å²) in [6.07, 6.45) is 0. The maximum absolute atomic E-state index is 5.96. The molecule has 120 valence electrons. The topological polar surface area (TPSA) is 62.9 Å². The zero-order valence-electron chi connectivity index (χ0n) is 12.6.